The van der Waals surface area contributed by atoms with E-state index in [2.05, 4.69) is 12.2 Å². The zero-order chi connectivity index (χ0) is 15.6. The van der Waals surface area contributed by atoms with Crippen molar-refractivity contribution in [2.45, 2.75) is 78.3 Å². The van der Waals surface area contributed by atoms with Gasteiger partial charge in [-0.25, -0.2) is 0 Å². The fraction of sp³-hybridized carbons (Fsp3) is 0.882. The van der Waals surface area contributed by atoms with Crippen molar-refractivity contribution in [2.75, 3.05) is 6.54 Å². The third kappa shape index (κ3) is 3.98. The smallest absolute Gasteiger partial charge is 0.245 e. The highest BCUT2D eigenvalue weighted by Gasteiger charge is 2.40. The summed E-state index contributed by atoms with van der Waals surface area (Å²) in [6, 6.07) is -0.0758. The second kappa shape index (κ2) is 6.37. The van der Waals surface area contributed by atoms with Crippen LogP contribution < -0.4 is 5.32 Å². The molecule has 0 aromatic rings. The lowest BCUT2D eigenvalue weighted by atomic mass is 9.85. The average molecular weight is 294 g/mol. The molecule has 0 aromatic carbocycles. The molecule has 1 heterocycles. The quantitative estimate of drug-likeness (QED) is 0.756. The van der Waals surface area contributed by atoms with Gasteiger partial charge in [-0.3, -0.25) is 9.59 Å². The summed E-state index contributed by atoms with van der Waals surface area (Å²) in [6.45, 7) is 8.95. The van der Waals surface area contributed by atoms with Crippen LogP contribution in [0.25, 0.3) is 0 Å². The van der Waals surface area contributed by atoms with E-state index in [4.69, 9.17) is 0 Å². The Morgan fingerprint density at radius 3 is 2.48 bits per heavy atom. The summed E-state index contributed by atoms with van der Waals surface area (Å²) >= 11 is 0. The van der Waals surface area contributed by atoms with E-state index in [0.717, 1.165) is 18.8 Å². The number of nitrogens with one attached hydrogen (secondary N) is 1. The van der Waals surface area contributed by atoms with Crippen LogP contribution in [0.5, 0.6) is 0 Å². The second-order valence-electron chi connectivity index (χ2n) is 7.92. The fourth-order valence-electron chi connectivity index (χ4n) is 3.52. The van der Waals surface area contributed by atoms with Crippen molar-refractivity contribution in [2.24, 2.45) is 11.3 Å². The molecule has 1 aliphatic carbocycles. The van der Waals surface area contributed by atoms with Crippen LogP contribution in [0, 0.1) is 11.3 Å². The van der Waals surface area contributed by atoms with Crippen molar-refractivity contribution in [1.82, 2.24) is 10.2 Å². The Balaban J connectivity index is 2.17. The molecule has 1 saturated carbocycles. The molecule has 0 spiro atoms. The number of hydrogen-bond donors (Lipinski definition) is 1. The normalized spacial score (nSPS) is 32.4. The maximum Gasteiger partial charge on any atom is 0.245 e. The Bertz CT molecular complexity index is 400. The van der Waals surface area contributed by atoms with Crippen LogP contribution in [-0.4, -0.2) is 35.3 Å². The first-order chi connectivity index (χ1) is 9.79. The lowest BCUT2D eigenvalue weighted by Gasteiger charge is -2.36. The summed E-state index contributed by atoms with van der Waals surface area (Å²) in [4.78, 5) is 26.9. The molecule has 1 saturated heterocycles. The van der Waals surface area contributed by atoms with Gasteiger partial charge in [0.05, 0.1) is 0 Å². The first-order valence-corrected chi connectivity index (χ1v) is 8.39. The summed E-state index contributed by atoms with van der Waals surface area (Å²) in [5, 5.41) is 2.93. The van der Waals surface area contributed by atoms with Crippen molar-refractivity contribution < 1.29 is 9.59 Å². The molecule has 0 aromatic heterocycles. The highest BCUT2D eigenvalue weighted by Crippen LogP contribution is 2.29. The number of rotatable bonds is 1. The third-order valence-corrected chi connectivity index (χ3v) is 4.95. The summed E-state index contributed by atoms with van der Waals surface area (Å²) in [5.74, 6) is 0.885. The van der Waals surface area contributed by atoms with Gasteiger partial charge in [-0.05, 0) is 30.6 Å². The standard InChI is InChI=1S/C17H30N2O2/c1-12-6-5-7-13(9-8-12)19-11-10-14(20)18-15(16(19)21)17(2,3)4/h12-13,15H,5-11H2,1-4H3,(H,18,20). The second-order valence-corrected chi connectivity index (χ2v) is 7.92. The number of hydrogen-bond acceptors (Lipinski definition) is 2. The van der Waals surface area contributed by atoms with Crippen molar-refractivity contribution in [1.29, 1.82) is 0 Å². The van der Waals surface area contributed by atoms with E-state index >= 15 is 0 Å². The third-order valence-electron chi connectivity index (χ3n) is 4.95. The molecule has 3 unspecified atom stereocenters. The van der Waals surface area contributed by atoms with Crippen LogP contribution in [0.1, 0.15) is 66.2 Å². The molecule has 2 rings (SSSR count). The summed E-state index contributed by atoms with van der Waals surface area (Å²) < 4.78 is 0. The van der Waals surface area contributed by atoms with E-state index in [1.807, 2.05) is 25.7 Å². The van der Waals surface area contributed by atoms with Crippen molar-refractivity contribution in [3.63, 3.8) is 0 Å². The molecule has 120 valence electrons. The molecular formula is C17H30N2O2. The molecule has 0 bridgehead atoms. The molecule has 1 aliphatic heterocycles. The zero-order valence-electron chi connectivity index (χ0n) is 13.9. The van der Waals surface area contributed by atoms with E-state index in [1.165, 1.54) is 19.3 Å². The number of carbonyl (C=O) groups excluding carboxylic acids is 2. The predicted octanol–water partition coefficient (Wildman–Crippen LogP) is 2.72. The van der Waals surface area contributed by atoms with Crippen LogP contribution in [-0.2, 0) is 9.59 Å². The van der Waals surface area contributed by atoms with Crippen LogP contribution in [0.15, 0.2) is 0 Å². The topological polar surface area (TPSA) is 49.4 Å². The number of nitrogens with zero attached hydrogens (tertiary/aromatic N) is 1. The minimum Gasteiger partial charge on any atom is -0.344 e. The van der Waals surface area contributed by atoms with Gasteiger partial charge >= 0.3 is 0 Å². The maximum atomic E-state index is 12.9. The Morgan fingerprint density at radius 1 is 1.10 bits per heavy atom. The predicted molar refractivity (Wildman–Crippen MR) is 83.8 cm³/mol. The molecule has 0 radical (unpaired) electrons. The highest BCUT2D eigenvalue weighted by molar-refractivity contribution is 5.90. The molecule has 21 heavy (non-hydrogen) atoms. The van der Waals surface area contributed by atoms with Crippen molar-refractivity contribution in [3.05, 3.63) is 0 Å². The van der Waals surface area contributed by atoms with Crippen molar-refractivity contribution in [3.8, 4) is 0 Å². The molecule has 4 heteroatoms. The molecule has 2 aliphatic rings. The molecular weight excluding hydrogens is 264 g/mol. The van der Waals surface area contributed by atoms with Gasteiger partial charge in [0.15, 0.2) is 0 Å². The number of carbonyl (C=O) groups is 2. The van der Waals surface area contributed by atoms with E-state index in [1.54, 1.807) is 0 Å². The maximum absolute atomic E-state index is 12.9. The van der Waals surface area contributed by atoms with E-state index in [9.17, 15) is 9.59 Å². The van der Waals surface area contributed by atoms with Gasteiger partial charge in [0.25, 0.3) is 0 Å². The van der Waals surface area contributed by atoms with Gasteiger partial charge in [0, 0.05) is 19.0 Å². The highest BCUT2D eigenvalue weighted by atomic mass is 16.2. The number of amides is 2. The largest absolute Gasteiger partial charge is 0.344 e. The van der Waals surface area contributed by atoms with E-state index in [-0.39, 0.29) is 17.2 Å². The van der Waals surface area contributed by atoms with Crippen LogP contribution >= 0.6 is 0 Å². The Labute approximate surface area is 128 Å². The molecule has 2 fully saturated rings. The van der Waals surface area contributed by atoms with Crippen molar-refractivity contribution >= 4 is 11.8 Å². The minimum atomic E-state index is -0.395. The fourth-order valence-corrected chi connectivity index (χ4v) is 3.52. The van der Waals surface area contributed by atoms with E-state index in [0.29, 0.717) is 19.0 Å². The molecule has 2 amide bonds. The monoisotopic (exact) mass is 294 g/mol. The Hall–Kier alpha value is -1.06. The van der Waals surface area contributed by atoms with Crippen LogP contribution in [0.3, 0.4) is 0 Å². The Kier molecular flexibility index (Phi) is 4.95. The molecule has 4 nitrogen and oxygen atoms in total. The van der Waals surface area contributed by atoms with Crippen LogP contribution in [0.4, 0.5) is 0 Å². The molecule has 3 atom stereocenters. The van der Waals surface area contributed by atoms with Gasteiger partial charge in [0.2, 0.25) is 11.8 Å². The summed E-state index contributed by atoms with van der Waals surface area (Å²) in [5.41, 5.74) is -0.243. The van der Waals surface area contributed by atoms with Gasteiger partial charge in [-0.1, -0.05) is 40.5 Å². The SMILES string of the molecule is CC1CCCC(N2CCC(=O)NC(C(C)(C)C)C2=O)CC1. The molecule has 1 N–H and O–H groups in total. The van der Waals surface area contributed by atoms with Crippen LogP contribution in [0.2, 0.25) is 0 Å². The van der Waals surface area contributed by atoms with Gasteiger partial charge < -0.3 is 10.2 Å². The Morgan fingerprint density at radius 2 is 1.81 bits per heavy atom. The van der Waals surface area contributed by atoms with Gasteiger partial charge in [-0.15, -0.1) is 0 Å². The lowest BCUT2D eigenvalue weighted by Crippen LogP contribution is -2.54. The first kappa shape index (κ1) is 16.3. The zero-order valence-corrected chi connectivity index (χ0v) is 13.9. The first-order valence-electron chi connectivity index (χ1n) is 8.39. The lowest BCUT2D eigenvalue weighted by molar-refractivity contribution is -0.138. The van der Waals surface area contributed by atoms with Gasteiger partial charge in [0.1, 0.15) is 6.04 Å². The minimum absolute atomic E-state index is 0.00719. The summed E-state index contributed by atoms with van der Waals surface area (Å²) in [6.07, 6.45) is 6.25. The summed E-state index contributed by atoms with van der Waals surface area (Å²) in [7, 11) is 0. The van der Waals surface area contributed by atoms with E-state index < -0.39 is 6.04 Å². The van der Waals surface area contributed by atoms with Gasteiger partial charge in [-0.2, -0.15) is 0 Å². The average Bonchev–Trinajstić information content (AvgIpc) is 2.67.